The fourth-order valence-electron chi connectivity index (χ4n) is 1.27. The van der Waals surface area contributed by atoms with Gasteiger partial charge in [0.15, 0.2) is 0 Å². The largest absolute Gasteiger partial charge is 0.497 e. The number of rotatable bonds is 5. The molecule has 0 aliphatic carbocycles. The van der Waals surface area contributed by atoms with Gasteiger partial charge >= 0.3 is 0 Å². The highest BCUT2D eigenvalue weighted by atomic mass is 79.9. The summed E-state index contributed by atoms with van der Waals surface area (Å²) in [4.78, 5) is 0. The van der Waals surface area contributed by atoms with E-state index in [0.29, 0.717) is 6.54 Å². The Morgan fingerprint density at radius 1 is 1.41 bits per heavy atom. The van der Waals surface area contributed by atoms with Crippen LogP contribution < -0.4 is 10.1 Å². The third-order valence-corrected chi connectivity index (χ3v) is 3.46. The molecular formula is C13H20BrNO2. The van der Waals surface area contributed by atoms with Crippen LogP contribution in [0.2, 0.25) is 0 Å². The minimum atomic E-state index is -0.727. The standard InChI is InChI=1S/C13H20BrNO2/c1-9(2)13(3,16)8-15-11-5-10(14)6-12(7-11)17-4/h5-7,9,15-16H,8H2,1-4H3. The van der Waals surface area contributed by atoms with Gasteiger partial charge < -0.3 is 15.2 Å². The number of hydrogen-bond acceptors (Lipinski definition) is 3. The van der Waals surface area contributed by atoms with E-state index in [-0.39, 0.29) is 5.92 Å². The molecule has 1 aromatic rings. The summed E-state index contributed by atoms with van der Waals surface area (Å²) in [5, 5.41) is 13.4. The molecule has 1 aromatic carbocycles. The van der Waals surface area contributed by atoms with E-state index in [9.17, 15) is 5.11 Å². The normalized spacial score (nSPS) is 14.5. The molecule has 0 fully saturated rings. The molecule has 0 aliphatic heterocycles. The molecule has 96 valence electrons. The first-order valence-electron chi connectivity index (χ1n) is 5.66. The predicted octanol–water partition coefficient (Wildman–Crippen LogP) is 3.28. The number of ether oxygens (including phenoxy) is 1. The molecule has 0 spiro atoms. The lowest BCUT2D eigenvalue weighted by Gasteiger charge is -2.28. The van der Waals surface area contributed by atoms with Crippen LogP contribution in [0.4, 0.5) is 5.69 Å². The van der Waals surface area contributed by atoms with E-state index in [1.165, 1.54) is 0 Å². The molecule has 0 aliphatic rings. The summed E-state index contributed by atoms with van der Waals surface area (Å²) in [6.07, 6.45) is 0. The smallest absolute Gasteiger partial charge is 0.122 e. The Morgan fingerprint density at radius 3 is 2.59 bits per heavy atom. The average Bonchev–Trinajstić information content (AvgIpc) is 2.25. The average molecular weight is 302 g/mol. The van der Waals surface area contributed by atoms with Crippen LogP contribution in [0.1, 0.15) is 20.8 Å². The van der Waals surface area contributed by atoms with Crippen molar-refractivity contribution in [2.45, 2.75) is 26.4 Å². The zero-order chi connectivity index (χ0) is 13.1. The number of halogens is 1. The topological polar surface area (TPSA) is 41.5 Å². The maximum atomic E-state index is 10.1. The number of aliphatic hydroxyl groups is 1. The lowest BCUT2D eigenvalue weighted by atomic mass is 9.92. The molecule has 0 radical (unpaired) electrons. The number of benzene rings is 1. The van der Waals surface area contributed by atoms with Gasteiger partial charge in [0.2, 0.25) is 0 Å². The maximum absolute atomic E-state index is 10.1. The van der Waals surface area contributed by atoms with Crippen LogP contribution in [-0.2, 0) is 0 Å². The molecule has 3 nitrogen and oxygen atoms in total. The van der Waals surface area contributed by atoms with Crippen molar-refractivity contribution < 1.29 is 9.84 Å². The molecule has 4 heteroatoms. The summed E-state index contributed by atoms with van der Waals surface area (Å²) >= 11 is 3.42. The summed E-state index contributed by atoms with van der Waals surface area (Å²) in [5.74, 6) is 0.982. The van der Waals surface area contributed by atoms with Gasteiger partial charge in [0.05, 0.1) is 12.7 Å². The van der Waals surface area contributed by atoms with Crippen molar-refractivity contribution in [3.8, 4) is 5.75 Å². The molecule has 1 atom stereocenters. The summed E-state index contributed by atoms with van der Waals surface area (Å²) < 4.78 is 6.13. The summed E-state index contributed by atoms with van der Waals surface area (Å²) in [6.45, 7) is 6.34. The van der Waals surface area contributed by atoms with E-state index in [2.05, 4.69) is 21.2 Å². The van der Waals surface area contributed by atoms with Crippen LogP contribution in [-0.4, -0.2) is 24.4 Å². The van der Waals surface area contributed by atoms with Gasteiger partial charge in [0.1, 0.15) is 5.75 Å². The Kier molecular flexibility index (Phi) is 4.83. The minimum absolute atomic E-state index is 0.198. The Labute approximate surface area is 111 Å². The van der Waals surface area contributed by atoms with Crippen LogP contribution in [0.15, 0.2) is 22.7 Å². The van der Waals surface area contributed by atoms with E-state index < -0.39 is 5.60 Å². The predicted molar refractivity (Wildman–Crippen MR) is 74.6 cm³/mol. The van der Waals surface area contributed by atoms with Gasteiger partial charge in [0.25, 0.3) is 0 Å². The summed E-state index contributed by atoms with van der Waals surface area (Å²) in [7, 11) is 1.63. The third-order valence-electron chi connectivity index (χ3n) is 3.00. The molecule has 0 amide bonds. The van der Waals surface area contributed by atoms with Crippen LogP contribution in [0.3, 0.4) is 0 Å². The quantitative estimate of drug-likeness (QED) is 0.877. The zero-order valence-corrected chi connectivity index (χ0v) is 12.3. The summed E-state index contributed by atoms with van der Waals surface area (Å²) in [5.41, 5.74) is 0.201. The first-order valence-corrected chi connectivity index (χ1v) is 6.45. The highest BCUT2D eigenvalue weighted by molar-refractivity contribution is 9.10. The maximum Gasteiger partial charge on any atom is 0.122 e. The van der Waals surface area contributed by atoms with E-state index >= 15 is 0 Å². The Balaban J connectivity index is 2.72. The highest BCUT2D eigenvalue weighted by Gasteiger charge is 2.24. The lowest BCUT2D eigenvalue weighted by Crippen LogP contribution is -2.38. The molecule has 0 heterocycles. The highest BCUT2D eigenvalue weighted by Crippen LogP contribution is 2.25. The minimum Gasteiger partial charge on any atom is -0.497 e. The molecule has 0 saturated heterocycles. The second-order valence-electron chi connectivity index (χ2n) is 4.75. The van der Waals surface area contributed by atoms with Gasteiger partial charge in [-0.3, -0.25) is 0 Å². The fourth-order valence-corrected chi connectivity index (χ4v) is 1.74. The van der Waals surface area contributed by atoms with Crippen molar-refractivity contribution in [2.24, 2.45) is 5.92 Å². The summed E-state index contributed by atoms with van der Waals surface area (Å²) in [6, 6.07) is 5.76. The van der Waals surface area contributed by atoms with Crippen molar-refractivity contribution in [1.82, 2.24) is 0 Å². The number of anilines is 1. The Hall–Kier alpha value is -0.740. The van der Waals surface area contributed by atoms with Crippen LogP contribution >= 0.6 is 15.9 Å². The Morgan fingerprint density at radius 2 is 2.06 bits per heavy atom. The van der Waals surface area contributed by atoms with Crippen LogP contribution in [0.5, 0.6) is 5.75 Å². The molecule has 0 aromatic heterocycles. The monoisotopic (exact) mass is 301 g/mol. The number of nitrogens with one attached hydrogen (secondary N) is 1. The molecule has 1 unspecified atom stereocenters. The first-order chi connectivity index (χ1) is 7.85. The van der Waals surface area contributed by atoms with Crippen molar-refractivity contribution in [3.63, 3.8) is 0 Å². The van der Waals surface area contributed by atoms with Gasteiger partial charge in [-0.15, -0.1) is 0 Å². The van der Waals surface area contributed by atoms with Crippen molar-refractivity contribution >= 4 is 21.6 Å². The van der Waals surface area contributed by atoms with E-state index in [4.69, 9.17) is 4.74 Å². The molecule has 1 rings (SSSR count). The van der Waals surface area contributed by atoms with Crippen LogP contribution in [0, 0.1) is 5.92 Å². The van der Waals surface area contributed by atoms with Gasteiger partial charge in [-0.2, -0.15) is 0 Å². The fraction of sp³-hybridized carbons (Fsp3) is 0.538. The second kappa shape index (κ2) is 5.74. The second-order valence-corrected chi connectivity index (χ2v) is 5.66. The Bertz CT molecular complexity index is 378. The zero-order valence-electron chi connectivity index (χ0n) is 10.7. The molecular weight excluding hydrogens is 282 g/mol. The van der Waals surface area contributed by atoms with E-state index in [1.54, 1.807) is 7.11 Å². The van der Waals surface area contributed by atoms with Crippen molar-refractivity contribution in [1.29, 1.82) is 0 Å². The van der Waals surface area contributed by atoms with Gasteiger partial charge in [-0.05, 0) is 25.0 Å². The molecule has 0 bridgehead atoms. The number of hydrogen-bond donors (Lipinski definition) is 2. The molecule has 2 N–H and O–H groups in total. The van der Waals surface area contributed by atoms with Gasteiger partial charge in [-0.25, -0.2) is 0 Å². The molecule has 0 saturated carbocycles. The molecule has 17 heavy (non-hydrogen) atoms. The lowest BCUT2D eigenvalue weighted by molar-refractivity contribution is 0.0266. The van der Waals surface area contributed by atoms with Gasteiger partial charge in [-0.1, -0.05) is 29.8 Å². The number of methoxy groups -OCH3 is 1. The van der Waals surface area contributed by atoms with Crippen molar-refractivity contribution in [2.75, 3.05) is 19.0 Å². The van der Waals surface area contributed by atoms with Crippen LogP contribution in [0.25, 0.3) is 0 Å². The third kappa shape index (κ3) is 4.21. The van der Waals surface area contributed by atoms with E-state index in [1.807, 2.05) is 39.0 Å². The van der Waals surface area contributed by atoms with Gasteiger partial charge in [0, 0.05) is 22.8 Å². The SMILES string of the molecule is COc1cc(Br)cc(NCC(C)(O)C(C)C)c1. The van der Waals surface area contributed by atoms with Crippen molar-refractivity contribution in [3.05, 3.63) is 22.7 Å². The first kappa shape index (κ1) is 14.3. The van der Waals surface area contributed by atoms with E-state index in [0.717, 1.165) is 15.9 Å².